The molecule has 0 aromatic heterocycles. The standard InChI is InChI=1S/C14H19ClN2O3/c1-9(2)20-13-4-3-10(7-12(13)15)16-14(18)17-11-5-6-19-8-11/h3-4,7,9,11H,5-6,8H2,1-2H3,(H2,16,17,18)/t11-/m1/s1. The minimum atomic E-state index is -0.255. The highest BCUT2D eigenvalue weighted by atomic mass is 35.5. The van der Waals surface area contributed by atoms with Gasteiger partial charge >= 0.3 is 6.03 Å². The van der Waals surface area contributed by atoms with Gasteiger partial charge in [-0.1, -0.05) is 11.6 Å². The van der Waals surface area contributed by atoms with Crippen LogP contribution in [0.25, 0.3) is 0 Å². The summed E-state index contributed by atoms with van der Waals surface area (Å²) in [5, 5.41) is 6.06. The summed E-state index contributed by atoms with van der Waals surface area (Å²) in [5.41, 5.74) is 0.627. The van der Waals surface area contributed by atoms with E-state index in [1.807, 2.05) is 13.8 Å². The third-order valence-electron chi connectivity index (χ3n) is 2.82. The quantitative estimate of drug-likeness (QED) is 0.898. The fourth-order valence-electron chi connectivity index (χ4n) is 1.93. The highest BCUT2D eigenvalue weighted by Gasteiger charge is 2.17. The van der Waals surface area contributed by atoms with Crippen molar-refractivity contribution in [3.05, 3.63) is 23.2 Å². The van der Waals surface area contributed by atoms with Crippen molar-refractivity contribution < 1.29 is 14.3 Å². The molecule has 1 aromatic rings. The van der Waals surface area contributed by atoms with E-state index in [9.17, 15) is 4.79 Å². The molecule has 1 fully saturated rings. The normalized spacial score (nSPS) is 18.1. The lowest BCUT2D eigenvalue weighted by molar-refractivity contribution is 0.189. The molecule has 1 aromatic carbocycles. The fraction of sp³-hybridized carbons (Fsp3) is 0.500. The van der Waals surface area contributed by atoms with Gasteiger partial charge in [-0.05, 0) is 38.5 Å². The number of rotatable bonds is 4. The van der Waals surface area contributed by atoms with Crippen molar-refractivity contribution >= 4 is 23.3 Å². The van der Waals surface area contributed by atoms with Crippen LogP contribution in [0.4, 0.5) is 10.5 Å². The second kappa shape index (κ2) is 6.81. The summed E-state index contributed by atoms with van der Waals surface area (Å²) >= 11 is 6.11. The van der Waals surface area contributed by atoms with Crippen LogP contribution in [0.3, 0.4) is 0 Å². The van der Waals surface area contributed by atoms with Crippen LogP contribution in [0.5, 0.6) is 5.75 Å². The smallest absolute Gasteiger partial charge is 0.319 e. The Bertz CT molecular complexity index is 473. The first-order valence-corrected chi connectivity index (χ1v) is 7.04. The highest BCUT2D eigenvalue weighted by Crippen LogP contribution is 2.28. The Labute approximate surface area is 123 Å². The van der Waals surface area contributed by atoms with Crippen LogP contribution in [0.15, 0.2) is 18.2 Å². The van der Waals surface area contributed by atoms with Crippen molar-refractivity contribution in [2.75, 3.05) is 18.5 Å². The number of anilines is 1. The number of carbonyl (C=O) groups is 1. The van der Waals surface area contributed by atoms with Crippen LogP contribution in [-0.2, 0) is 4.74 Å². The number of urea groups is 1. The number of hydrogen-bond donors (Lipinski definition) is 2. The molecule has 0 aliphatic carbocycles. The molecular formula is C14H19ClN2O3. The molecule has 1 atom stereocenters. The molecule has 2 N–H and O–H groups in total. The Morgan fingerprint density at radius 1 is 1.50 bits per heavy atom. The molecule has 20 heavy (non-hydrogen) atoms. The first kappa shape index (κ1) is 14.9. The largest absolute Gasteiger partial charge is 0.489 e. The van der Waals surface area contributed by atoms with E-state index in [1.54, 1.807) is 18.2 Å². The number of ether oxygens (including phenoxy) is 2. The number of benzene rings is 1. The number of carbonyl (C=O) groups excluding carboxylic acids is 1. The van der Waals surface area contributed by atoms with E-state index >= 15 is 0 Å². The number of nitrogens with one attached hydrogen (secondary N) is 2. The molecule has 0 spiro atoms. The number of halogens is 1. The summed E-state index contributed by atoms with van der Waals surface area (Å²) < 4.78 is 10.7. The van der Waals surface area contributed by atoms with Gasteiger partial charge in [0.25, 0.3) is 0 Å². The van der Waals surface area contributed by atoms with Crippen molar-refractivity contribution in [3.63, 3.8) is 0 Å². The number of amides is 2. The van der Waals surface area contributed by atoms with Crippen molar-refractivity contribution in [3.8, 4) is 5.75 Å². The van der Waals surface area contributed by atoms with E-state index < -0.39 is 0 Å². The lowest BCUT2D eigenvalue weighted by Gasteiger charge is -2.14. The van der Waals surface area contributed by atoms with Crippen LogP contribution in [0.2, 0.25) is 5.02 Å². The molecule has 2 rings (SSSR count). The maximum absolute atomic E-state index is 11.8. The van der Waals surface area contributed by atoms with Crippen LogP contribution in [0.1, 0.15) is 20.3 Å². The van der Waals surface area contributed by atoms with E-state index in [2.05, 4.69) is 10.6 Å². The zero-order valence-corrected chi connectivity index (χ0v) is 12.4. The van der Waals surface area contributed by atoms with Crippen molar-refractivity contribution in [1.82, 2.24) is 5.32 Å². The Kier molecular flexibility index (Phi) is 5.09. The van der Waals surface area contributed by atoms with Gasteiger partial charge in [0.05, 0.1) is 23.8 Å². The average molecular weight is 299 g/mol. The van der Waals surface area contributed by atoms with Gasteiger partial charge in [0.15, 0.2) is 0 Å². The van der Waals surface area contributed by atoms with Crippen molar-refractivity contribution in [2.24, 2.45) is 0 Å². The van der Waals surface area contributed by atoms with Gasteiger partial charge in [-0.25, -0.2) is 4.79 Å². The lowest BCUT2D eigenvalue weighted by atomic mass is 10.2. The second-order valence-corrected chi connectivity index (χ2v) is 5.38. The summed E-state index contributed by atoms with van der Waals surface area (Å²) in [5.74, 6) is 0.608. The van der Waals surface area contributed by atoms with Gasteiger partial charge < -0.3 is 20.1 Å². The zero-order valence-electron chi connectivity index (χ0n) is 11.6. The first-order chi connectivity index (χ1) is 9.54. The molecule has 2 amide bonds. The number of hydrogen-bond acceptors (Lipinski definition) is 3. The molecule has 0 saturated carbocycles. The van der Waals surface area contributed by atoms with Crippen molar-refractivity contribution in [2.45, 2.75) is 32.4 Å². The molecule has 6 heteroatoms. The van der Waals surface area contributed by atoms with Crippen LogP contribution in [-0.4, -0.2) is 31.4 Å². The maximum atomic E-state index is 11.8. The summed E-state index contributed by atoms with van der Waals surface area (Å²) in [7, 11) is 0. The Hall–Kier alpha value is -1.46. The van der Waals surface area contributed by atoms with Gasteiger partial charge in [-0.3, -0.25) is 0 Å². The van der Waals surface area contributed by atoms with E-state index in [0.29, 0.717) is 29.7 Å². The molecule has 0 bridgehead atoms. The average Bonchev–Trinajstić information content (AvgIpc) is 2.85. The summed E-state index contributed by atoms with van der Waals surface area (Å²) in [4.78, 5) is 11.8. The minimum Gasteiger partial charge on any atom is -0.489 e. The Morgan fingerprint density at radius 3 is 2.90 bits per heavy atom. The van der Waals surface area contributed by atoms with E-state index in [4.69, 9.17) is 21.1 Å². The molecule has 0 radical (unpaired) electrons. The molecule has 1 heterocycles. The molecule has 1 aliphatic rings. The summed E-state index contributed by atoms with van der Waals surface area (Å²) in [6.45, 7) is 5.12. The van der Waals surface area contributed by atoms with E-state index in [1.165, 1.54) is 0 Å². The predicted molar refractivity (Wildman–Crippen MR) is 78.6 cm³/mol. The van der Waals surface area contributed by atoms with Gasteiger partial charge in [-0.2, -0.15) is 0 Å². The van der Waals surface area contributed by atoms with Gasteiger partial charge in [0.2, 0.25) is 0 Å². The van der Waals surface area contributed by atoms with Gasteiger partial charge in [0, 0.05) is 12.3 Å². The van der Waals surface area contributed by atoms with Crippen LogP contribution < -0.4 is 15.4 Å². The Morgan fingerprint density at radius 2 is 2.30 bits per heavy atom. The SMILES string of the molecule is CC(C)Oc1ccc(NC(=O)N[C@@H]2CCOC2)cc1Cl. The Balaban J connectivity index is 1.92. The maximum Gasteiger partial charge on any atom is 0.319 e. The van der Waals surface area contributed by atoms with Crippen LogP contribution >= 0.6 is 11.6 Å². The minimum absolute atomic E-state index is 0.0528. The molecule has 1 saturated heterocycles. The third kappa shape index (κ3) is 4.28. The van der Waals surface area contributed by atoms with Crippen LogP contribution in [0, 0.1) is 0 Å². The molecule has 1 aliphatic heterocycles. The zero-order chi connectivity index (χ0) is 14.5. The van der Waals surface area contributed by atoms with E-state index in [0.717, 1.165) is 6.42 Å². The summed E-state index contributed by atoms with van der Waals surface area (Å²) in [6.07, 6.45) is 0.895. The summed E-state index contributed by atoms with van der Waals surface area (Å²) in [6, 6.07) is 5.00. The molecular weight excluding hydrogens is 280 g/mol. The topological polar surface area (TPSA) is 59.6 Å². The molecule has 5 nitrogen and oxygen atoms in total. The predicted octanol–water partition coefficient (Wildman–Crippen LogP) is 3.04. The fourth-order valence-corrected chi connectivity index (χ4v) is 2.15. The first-order valence-electron chi connectivity index (χ1n) is 6.66. The lowest BCUT2D eigenvalue weighted by Crippen LogP contribution is -2.38. The second-order valence-electron chi connectivity index (χ2n) is 4.97. The third-order valence-corrected chi connectivity index (χ3v) is 3.11. The molecule has 110 valence electrons. The van der Waals surface area contributed by atoms with E-state index in [-0.39, 0.29) is 18.2 Å². The molecule has 0 unspecified atom stereocenters. The van der Waals surface area contributed by atoms with Gasteiger partial charge in [-0.15, -0.1) is 0 Å². The highest BCUT2D eigenvalue weighted by molar-refractivity contribution is 6.32. The van der Waals surface area contributed by atoms with Gasteiger partial charge in [0.1, 0.15) is 5.75 Å². The monoisotopic (exact) mass is 298 g/mol. The van der Waals surface area contributed by atoms with Crippen molar-refractivity contribution in [1.29, 1.82) is 0 Å².